The van der Waals surface area contributed by atoms with Gasteiger partial charge in [0.15, 0.2) is 0 Å². The van der Waals surface area contributed by atoms with Crippen LogP contribution in [0.25, 0.3) is 11.6 Å². The summed E-state index contributed by atoms with van der Waals surface area (Å²) in [4.78, 5) is 52.1. The molecule has 0 saturated heterocycles. The Balaban J connectivity index is 2.31. The lowest BCUT2D eigenvalue weighted by molar-refractivity contribution is -0.463. The molecule has 3 rings (SSSR count). The number of Topliss-reactive ketones (excluding diaryl/α,β-unsaturated/α-hetero) is 1. The number of fused-ring (bicyclic) bond motifs is 3. The molecule has 2 aliphatic rings. The summed E-state index contributed by atoms with van der Waals surface area (Å²) in [5, 5.41) is 44.1. The number of carbonyl (C=O) groups excluding carboxylic acids is 1. The third kappa shape index (κ3) is 2.22. The van der Waals surface area contributed by atoms with Crippen LogP contribution in [-0.2, 0) is 4.79 Å². The fourth-order valence-corrected chi connectivity index (χ4v) is 2.72. The highest BCUT2D eigenvalue weighted by Gasteiger charge is 2.44. The minimum atomic E-state index is -1.25. The highest BCUT2D eigenvalue weighted by molar-refractivity contribution is 6.25. The van der Waals surface area contributed by atoms with E-state index in [4.69, 9.17) is 0 Å². The summed E-state index contributed by atoms with van der Waals surface area (Å²) in [6, 6.07) is 1.65. The van der Waals surface area contributed by atoms with Gasteiger partial charge in [0.25, 0.3) is 5.78 Å². The minimum Gasteiger partial charge on any atom is -0.281 e. The molecule has 0 bridgehead atoms. The van der Waals surface area contributed by atoms with Crippen molar-refractivity contribution in [2.24, 2.45) is 0 Å². The van der Waals surface area contributed by atoms with E-state index >= 15 is 0 Å². The standard InChI is InChI=1S/C13H4N4O9/c18-13-8-1-5-2-9(14(19)20)10(15(21)22)3-6(5)7(8)4-11(16(23)24)12(13)17(25)26/h1-4H. The van der Waals surface area contributed by atoms with Gasteiger partial charge in [-0.3, -0.25) is 45.3 Å². The summed E-state index contributed by atoms with van der Waals surface area (Å²) in [5.74, 6) is -1.25. The van der Waals surface area contributed by atoms with Crippen LogP contribution in [-0.4, -0.2) is 25.5 Å². The predicted molar refractivity (Wildman–Crippen MR) is 81.7 cm³/mol. The van der Waals surface area contributed by atoms with E-state index < -0.39 is 48.2 Å². The van der Waals surface area contributed by atoms with Crippen LogP contribution in [0.4, 0.5) is 11.4 Å². The Morgan fingerprint density at radius 3 is 1.77 bits per heavy atom. The fraction of sp³-hybridized carbons (Fsp3) is 0. The van der Waals surface area contributed by atoms with E-state index in [1.165, 1.54) is 0 Å². The number of ketones is 1. The third-order valence-corrected chi connectivity index (χ3v) is 3.78. The third-order valence-electron chi connectivity index (χ3n) is 3.78. The normalized spacial score (nSPS) is 15.0. The van der Waals surface area contributed by atoms with E-state index in [2.05, 4.69) is 0 Å². The zero-order valence-corrected chi connectivity index (χ0v) is 12.3. The number of allylic oxidation sites excluding steroid dienone is 3. The summed E-state index contributed by atoms with van der Waals surface area (Å²) in [6.45, 7) is 0. The van der Waals surface area contributed by atoms with Crippen molar-refractivity contribution in [2.45, 2.75) is 0 Å². The predicted octanol–water partition coefficient (Wildman–Crippen LogP) is 1.63. The maximum Gasteiger partial charge on any atom is 0.393 e. The molecule has 0 unspecified atom stereocenters. The highest BCUT2D eigenvalue weighted by atomic mass is 16.6. The van der Waals surface area contributed by atoms with Gasteiger partial charge in [0.1, 0.15) is 0 Å². The number of nitrogens with zero attached hydrogens (tertiary/aromatic N) is 4. The molecule has 13 nitrogen and oxygen atoms in total. The van der Waals surface area contributed by atoms with Gasteiger partial charge in [-0.05, 0) is 17.2 Å². The highest BCUT2D eigenvalue weighted by Crippen LogP contribution is 2.45. The molecule has 13 heteroatoms. The lowest BCUT2D eigenvalue weighted by Gasteiger charge is -2.09. The second-order valence-corrected chi connectivity index (χ2v) is 5.14. The Labute approximate surface area is 141 Å². The molecule has 0 amide bonds. The topological polar surface area (TPSA) is 190 Å². The van der Waals surface area contributed by atoms with Crippen LogP contribution in [0.15, 0.2) is 35.2 Å². The largest absolute Gasteiger partial charge is 0.393 e. The van der Waals surface area contributed by atoms with Crippen molar-refractivity contribution in [2.75, 3.05) is 0 Å². The quantitative estimate of drug-likeness (QED) is 0.567. The minimum absolute atomic E-state index is 0.0178. The molecular formula is C13H4N4O9. The first-order chi connectivity index (χ1) is 12.1. The van der Waals surface area contributed by atoms with E-state index in [9.17, 15) is 45.3 Å². The van der Waals surface area contributed by atoms with Crippen LogP contribution in [0.3, 0.4) is 0 Å². The van der Waals surface area contributed by atoms with Crippen molar-refractivity contribution in [3.05, 3.63) is 86.8 Å². The first-order valence-electron chi connectivity index (χ1n) is 6.62. The summed E-state index contributed by atoms with van der Waals surface area (Å²) < 4.78 is 0. The van der Waals surface area contributed by atoms with Gasteiger partial charge >= 0.3 is 22.8 Å². The van der Waals surface area contributed by atoms with Gasteiger partial charge in [-0.1, -0.05) is 0 Å². The molecule has 26 heavy (non-hydrogen) atoms. The second-order valence-electron chi connectivity index (χ2n) is 5.14. The average molecular weight is 360 g/mol. The summed E-state index contributed by atoms with van der Waals surface area (Å²) >= 11 is 0. The van der Waals surface area contributed by atoms with Crippen LogP contribution in [0, 0.1) is 40.5 Å². The molecule has 1 aromatic rings. The molecule has 0 fully saturated rings. The molecule has 0 atom stereocenters. The Morgan fingerprint density at radius 2 is 1.27 bits per heavy atom. The van der Waals surface area contributed by atoms with Gasteiger partial charge in [0.2, 0.25) is 0 Å². The zero-order valence-electron chi connectivity index (χ0n) is 12.3. The molecule has 0 aliphatic heterocycles. The molecule has 0 N–H and O–H groups in total. The molecule has 0 spiro atoms. The molecule has 130 valence electrons. The first kappa shape index (κ1) is 16.6. The number of benzene rings is 1. The van der Waals surface area contributed by atoms with E-state index in [1.54, 1.807) is 0 Å². The Morgan fingerprint density at radius 1 is 0.692 bits per heavy atom. The lowest BCUT2D eigenvalue weighted by Crippen LogP contribution is -2.22. The Bertz CT molecular complexity index is 1060. The van der Waals surface area contributed by atoms with Gasteiger partial charge in [-0.15, -0.1) is 0 Å². The Hall–Kier alpha value is -4.29. The number of carbonyl (C=O) groups is 1. The monoisotopic (exact) mass is 360 g/mol. The molecule has 1 aromatic carbocycles. The van der Waals surface area contributed by atoms with E-state index in [0.717, 1.165) is 24.3 Å². The summed E-state index contributed by atoms with van der Waals surface area (Å²) in [7, 11) is 0. The van der Waals surface area contributed by atoms with E-state index in [-0.39, 0.29) is 22.3 Å². The summed E-state index contributed by atoms with van der Waals surface area (Å²) in [6.07, 6.45) is 1.83. The van der Waals surface area contributed by atoms with Crippen molar-refractivity contribution in [1.29, 1.82) is 0 Å². The van der Waals surface area contributed by atoms with E-state index in [0.29, 0.717) is 0 Å². The average Bonchev–Trinajstić information content (AvgIpc) is 2.91. The van der Waals surface area contributed by atoms with Gasteiger partial charge < -0.3 is 0 Å². The second kappa shape index (κ2) is 5.37. The fourth-order valence-electron chi connectivity index (χ4n) is 2.72. The van der Waals surface area contributed by atoms with Crippen LogP contribution in [0.2, 0.25) is 0 Å². The van der Waals surface area contributed by atoms with Crippen molar-refractivity contribution in [3.8, 4) is 0 Å². The number of nitro benzene ring substituents is 2. The number of hydrogen-bond acceptors (Lipinski definition) is 9. The molecule has 0 heterocycles. The molecule has 0 aromatic heterocycles. The van der Waals surface area contributed by atoms with Crippen LogP contribution in [0.5, 0.6) is 0 Å². The lowest BCUT2D eigenvalue weighted by atomic mass is 9.92. The smallest absolute Gasteiger partial charge is 0.281 e. The van der Waals surface area contributed by atoms with Gasteiger partial charge in [0, 0.05) is 29.4 Å². The van der Waals surface area contributed by atoms with Gasteiger partial charge in [-0.25, -0.2) is 0 Å². The molecule has 0 saturated carbocycles. The van der Waals surface area contributed by atoms with Gasteiger partial charge in [-0.2, -0.15) is 0 Å². The first-order valence-corrected chi connectivity index (χ1v) is 6.62. The maximum atomic E-state index is 12.3. The molecule has 2 aliphatic carbocycles. The van der Waals surface area contributed by atoms with E-state index in [1.807, 2.05) is 0 Å². The van der Waals surface area contributed by atoms with Crippen LogP contribution >= 0.6 is 0 Å². The number of nitro groups is 4. The van der Waals surface area contributed by atoms with Crippen molar-refractivity contribution in [3.63, 3.8) is 0 Å². The van der Waals surface area contributed by atoms with Crippen LogP contribution < -0.4 is 0 Å². The Kier molecular flexibility index (Phi) is 3.42. The van der Waals surface area contributed by atoms with Gasteiger partial charge in [0.05, 0.1) is 19.7 Å². The van der Waals surface area contributed by atoms with Crippen molar-refractivity contribution in [1.82, 2.24) is 0 Å². The van der Waals surface area contributed by atoms with Crippen molar-refractivity contribution < 1.29 is 24.5 Å². The van der Waals surface area contributed by atoms with Crippen LogP contribution in [0.1, 0.15) is 11.1 Å². The molecular weight excluding hydrogens is 356 g/mol. The maximum absolute atomic E-state index is 12.3. The van der Waals surface area contributed by atoms with Crippen molar-refractivity contribution >= 4 is 28.8 Å². The number of rotatable bonds is 4. The summed E-state index contributed by atoms with van der Waals surface area (Å²) in [5.41, 5.74) is -4.48. The molecule has 0 radical (unpaired) electrons. The zero-order chi connectivity index (χ0) is 19.3. The number of hydrogen-bond donors (Lipinski definition) is 0. The SMILES string of the molecule is O=C1C2=Cc3cc([N+](=O)[O-])c([N+](=O)[O-])cc3C2=CC([N+](=O)[O-])=C1[N+](=O)[O-].